The molecule has 108 valence electrons. The molecule has 19 heavy (non-hydrogen) atoms. The Morgan fingerprint density at radius 3 is 2.63 bits per heavy atom. The van der Waals surface area contributed by atoms with E-state index in [1.807, 2.05) is 40.8 Å². The molecule has 6 heteroatoms. The molecule has 1 aromatic heterocycles. The van der Waals surface area contributed by atoms with E-state index in [9.17, 15) is 4.79 Å². The fourth-order valence-electron chi connectivity index (χ4n) is 1.65. The summed E-state index contributed by atoms with van der Waals surface area (Å²) in [7, 11) is 1.89. The first-order chi connectivity index (χ1) is 8.71. The highest BCUT2D eigenvalue weighted by molar-refractivity contribution is 5.68. The molecule has 1 aromatic rings. The van der Waals surface area contributed by atoms with Gasteiger partial charge in [0.25, 0.3) is 0 Å². The number of carbonyl (C=O) groups is 1. The number of rotatable bonds is 4. The van der Waals surface area contributed by atoms with Crippen LogP contribution in [0.4, 0.5) is 4.79 Å². The van der Waals surface area contributed by atoms with Crippen molar-refractivity contribution in [2.75, 3.05) is 6.54 Å². The third-order valence-electron chi connectivity index (χ3n) is 2.63. The zero-order valence-electron chi connectivity index (χ0n) is 12.4. The number of ether oxygens (including phenoxy) is 1. The molecule has 6 nitrogen and oxygen atoms in total. The molecule has 0 aromatic carbocycles. The Balaban J connectivity index is 2.57. The maximum atomic E-state index is 11.7. The predicted molar refractivity (Wildman–Crippen MR) is 73.9 cm³/mol. The molecular formula is C13H24N4O2. The Labute approximate surface area is 114 Å². The Kier molecular flexibility index (Phi) is 4.94. The molecule has 0 spiro atoms. The summed E-state index contributed by atoms with van der Waals surface area (Å²) in [6.07, 6.45) is 0.146. The minimum atomic E-state index is -0.509. The number of carbonyl (C=O) groups excluding carboxylic acids is 1. The lowest BCUT2D eigenvalue weighted by Gasteiger charge is -2.22. The van der Waals surface area contributed by atoms with Crippen molar-refractivity contribution in [2.45, 2.75) is 45.8 Å². The number of nitrogens with one attached hydrogen (secondary N) is 1. The smallest absolute Gasteiger partial charge is 0.407 e. The van der Waals surface area contributed by atoms with Crippen LogP contribution in [0.25, 0.3) is 0 Å². The van der Waals surface area contributed by atoms with Crippen molar-refractivity contribution in [1.82, 2.24) is 15.1 Å². The molecule has 0 saturated carbocycles. The second-order valence-electron chi connectivity index (χ2n) is 5.68. The van der Waals surface area contributed by atoms with Gasteiger partial charge in [0.05, 0.1) is 5.69 Å². The van der Waals surface area contributed by atoms with Gasteiger partial charge in [-0.1, -0.05) is 0 Å². The topological polar surface area (TPSA) is 82.2 Å². The normalized spacial score (nSPS) is 13.2. The number of aromatic nitrogens is 2. The van der Waals surface area contributed by atoms with E-state index in [2.05, 4.69) is 10.4 Å². The maximum Gasteiger partial charge on any atom is 0.407 e. The molecule has 0 aliphatic heterocycles. The fourth-order valence-corrected chi connectivity index (χ4v) is 1.65. The molecular weight excluding hydrogens is 244 g/mol. The molecule has 1 rings (SSSR count). The van der Waals surface area contributed by atoms with Crippen molar-refractivity contribution in [3.63, 3.8) is 0 Å². The molecule has 3 N–H and O–H groups in total. The third kappa shape index (κ3) is 5.30. The first-order valence-corrected chi connectivity index (χ1v) is 6.40. The Morgan fingerprint density at radius 2 is 2.21 bits per heavy atom. The van der Waals surface area contributed by atoms with Crippen LogP contribution in [0, 0.1) is 6.92 Å². The van der Waals surface area contributed by atoms with Gasteiger partial charge in [-0.2, -0.15) is 5.10 Å². The van der Waals surface area contributed by atoms with Crippen LogP contribution in [0.3, 0.4) is 0 Å². The largest absolute Gasteiger partial charge is 0.444 e. The van der Waals surface area contributed by atoms with Crippen LogP contribution in [0.1, 0.15) is 32.2 Å². The van der Waals surface area contributed by atoms with Crippen molar-refractivity contribution in [3.8, 4) is 0 Å². The van der Waals surface area contributed by atoms with E-state index < -0.39 is 11.7 Å². The van der Waals surface area contributed by atoms with Crippen LogP contribution in [-0.2, 0) is 18.2 Å². The molecule has 0 bridgehead atoms. The average molecular weight is 268 g/mol. The first kappa shape index (κ1) is 15.5. The lowest BCUT2D eigenvalue weighted by atomic mass is 10.1. The van der Waals surface area contributed by atoms with Crippen LogP contribution in [0.2, 0.25) is 0 Å². The highest BCUT2D eigenvalue weighted by atomic mass is 16.6. The van der Waals surface area contributed by atoms with Crippen LogP contribution in [0.15, 0.2) is 6.07 Å². The molecule has 1 heterocycles. The van der Waals surface area contributed by atoms with E-state index in [-0.39, 0.29) is 6.04 Å². The molecule has 0 aliphatic carbocycles. The van der Waals surface area contributed by atoms with Gasteiger partial charge in [0.2, 0.25) is 0 Å². The van der Waals surface area contributed by atoms with Crippen molar-refractivity contribution in [3.05, 3.63) is 17.5 Å². The van der Waals surface area contributed by atoms with Crippen molar-refractivity contribution in [1.29, 1.82) is 0 Å². The SMILES string of the molecule is Cc1cc(CC(CN)NC(=O)OC(C)(C)C)nn1C. The van der Waals surface area contributed by atoms with Gasteiger partial charge in [-0.05, 0) is 33.8 Å². The van der Waals surface area contributed by atoms with Gasteiger partial charge in [0.1, 0.15) is 5.60 Å². The minimum Gasteiger partial charge on any atom is -0.444 e. The summed E-state index contributed by atoms with van der Waals surface area (Å²) in [5, 5.41) is 7.11. The van der Waals surface area contributed by atoms with E-state index in [0.717, 1.165) is 11.4 Å². The Hall–Kier alpha value is -1.56. The first-order valence-electron chi connectivity index (χ1n) is 6.40. The summed E-state index contributed by atoms with van der Waals surface area (Å²) in [5.41, 5.74) is 7.14. The maximum absolute atomic E-state index is 11.7. The molecule has 0 saturated heterocycles. The highest BCUT2D eigenvalue weighted by Crippen LogP contribution is 2.08. The summed E-state index contributed by atoms with van der Waals surface area (Å²) in [6.45, 7) is 7.80. The molecule has 0 aliphatic rings. The Morgan fingerprint density at radius 1 is 1.58 bits per heavy atom. The summed E-state index contributed by atoms with van der Waals surface area (Å²) >= 11 is 0. The number of aryl methyl sites for hydroxylation is 2. The van der Waals surface area contributed by atoms with Gasteiger partial charge >= 0.3 is 6.09 Å². The molecule has 1 amide bonds. The minimum absolute atomic E-state index is 0.177. The van der Waals surface area contributed by atoms with Gasteiger partial charge in [-0.3, -0.25) is 4.68 Å². The lowest BCUT2D eigenvalue weighted by molar-refractivity contribution is 0.0505. The van der Waals surface area contributed by atoms with E-state index in [0.29, 0.717) is 13.0 Å². The number of nitrogens with zero attached hydrogens (tertiary/aromatic N) is 2. The van der Waals surface area contributed by atoms with E-state index in [4.69, 9.17) is 10.5 Å². The predicted octanol–water partition coefficient (Wildman–Crippen LogP) is 1.12. The number of hydrogen-bond acceptors (Lipinski definition) is 4. The number of nitrogens with two attached hydrogens (primary N) is 1. The van der Waals surface area contributed by atoms with Crippen molar-refractivity contribution < 1.29 is 9.53 Å². The van der Waals surface area contributed by atoms with Crippen LogP contribution >= 0.6 is 0 Å². The van der Waals surface area contributed by atoms with Gasteiger partial charge in [0, 0.05) is 31.7 Å². The lowest BCUT2D eigenvalue weighted by Crippen LogP contribution is -2.44. The number of amides is 1. The summed E-state index contributed by atoms with van der Waals surface area (Å²) in [4.78, 5) is 11.7. The van der Waals surface area contributed by atoms with E-state index in [1.54, 1.807) is 4.68 Å². The average Bonchev–Trinajstić information content (AvgIpc) is 2.54. The second-order valence-corrected chi connectivity index (χ2v) is 5.68. The van der Waals surface area contributed by atoms with Gasteiger partial charge in [0.15, 0.2) is 0 Å². The molecule has 1 atom stereocenters. The monoisotopic (exact) mass is 268 g/mol. The van der Waals surface area contributed by atoms with Crippen LogP contribution < -0.4 is 11.1 Å². The zero-order chi connectivity index (χ0) is 14.6. The molecule has 0 radical (unpaired) electrons. The molecule has 1 unspecified atom stereocenters. The molecule has 0 fully saturated rings. The summed E-state index contributed by atoms with van der Waals surface area (Å²) < 4.78 is 7.01. The quantitative estimate of drug-likeness (QED) is 0.857. The summed E-state index contributed by atoms with van der Waals surface area (Å²) in [6, 6.07) is 1.81. The summed E-state index contributed by atoms with van der Waals surface area (Å²) in [5.74, 6) is 0. The highest BCUT2D eigenvalue weighted by Gasteiger charge is 2.19. The number of hydrogen-bond donors (Lipinski definition) is 2. The van der Waals surface area contributed by atoms with Crippen LogP contribution in [0.5, 0.6) is 0 Å². The fraction of sp³-hybridized carbons (Fsp3) is 0.692. The van der Waals surface area contributed by atoms with E-state index >= 15 is 0 Å². The second kappa shape index (κ2) is 6.06. The van der Waals surface area contributed by atoms with Crippen molar-refractivity contribution >= 4 is 6.09 Å². The Bertz CT molecular complexity index is 415. The van der Waals surface area contributed by atoms with Crippen molar-refractivity contribution in [2.24, 2.45) is 12.8 Å². The van der Waals surface area contributed by atoms with Gasteiger partial charge in [-0.25, -0.2) is 4.79 Å². The van der Waals surface area contributed by atoms with Gasteiger partial charge in [-0.15, -0.1) is 0 Å². The standard InChI is InChI=1S/C13H24N4O2/c1-9-6-10(16-17(9)5)7-11(8-14)15-12(18)19-13(2,3)4/h6,11H,7-8,14H2,1-5H3,(H,15,18). The zero-order valence-corrected chi connectivity index (χ0v) is 12.4. The van der Waals surface area contributed by atoms with E-state index in [1.165, 1.54) is 0 Å². The van der Waals surface area contributed by atoms with Crippen LogP contribution in [-0.4, -0.2) is 34.1 Å². The third-order valence-corrected chi connectivity index (χ3v) is 2.63. The van der Waals surface area contributed by atoms with Gasteiger partial charge < -0.3 is 15.8 Å². The number of alkyl carbamates (subject to hydrolysis) is 1.